The van der Waals surface area contributed by atoms with E-state index in [1.54, 1.807) is 17.8 Å². The Kier molecular flexibility index (Phi) is 2.65. The van der Waals surface area contributed by atoms with Crippen LogP contribution in [0.4, 0.5) is 5.82 Å². The Morgan fingerprint density at radius 1 is 1.92 bits per heavy atom. The van der Waals surface area contributed by atoms with Crippen LogP contribution in [0.25, 0.3) is 0 Å². The molecule has 0 saturated carbocycles. The maximum Gasteiger partial charge on any atom is 0.248 e. The molecule has 0 aliphatic rings. The smallest absolute Gasteiger partial charge is 0.248 e. The number of anilines is 1. The summed E-state index contributed by atoms with van der Waals surface area (Å²) in [5, 5.41) is 6.58. The molecule has 1 aromatic heterocycles. The first-order chi connectivity index (χ1) is 5.63. The summed E-state index contributed by atoms with van der Waals surface area (Å²) in [6.45, 7) is 3.34. The molecule has 1 amide bonds. The van der Waals surface area contributed by atoms with Crippen molar-refractivity contribution >= 4 is 27.7 Å². The van der Waals surface area contributed by atoms with Crippen LogP contribution in [-0.4, -0.2) is 15.7 Å². The van der Waals surface area contributed by atoms with Gasteiger partial charge in [0.1, 0.15) is 10.4 Å². The fourth-order valence-corrected chi connectivity index (χ4v) is 1.18. The molecule has 1 heterocycles. The van der Waals surface area contributed by atoms with Crippen LogP contribution in [0.15, 0.2) is 23.3 Å². The molecule has 0 saturated heterocycles. The summed E-state index contributed by atoms with van der Waals surface area (Å²) in [5.74, 6) is 0.386. The number of hydrogen-bond donors (Lipinski definition) is 1. The summed E-state index contributed by atoms with van der Waals surface area (Å²) >= 11 is 3.19. The van der Waals surface area contributed by atoms with Crippen LogP contribution in [0.5, 0.6) is 0 Å². The van der Waals surface area contributed by atoms with Gasteiger partial charge in [-0.3, -0.25) is 9.48 Å². The van der Waals surface area contributed by atoms with Crippen LogP contribution < -0.4 is 5.32 Å². The van der Waals surface area contributed by atoms with Gasteiger partial charge >= 0.3 is 0 Å². The van der Waals surface area contributed by atoms with E-state index in [0.717, 1.165) is 0 Å². The molecule has 0 unspecified atom stereocenters. The van der Waals surface area contributed by atoms with Gasteiger partial charge in [-0.2, -0.15) is 5.10 Å². The quantitative estimate of drug-likeness (QED) is 0.778. The second-order valence-electron chi connectivity index (χ2n) is 2.17. The van der Waals surface area contributed by atoms with E-state index in [1.807, 2.05) is 0 Å². The number of nitrogens with one attached hydrogen (secondary N) is 1. The molecule has 12 heavy (non-hydrogen) atoms. The molecule has 0 fully saturated rings. The van der Waals surface area contributed by atoms with Crippen LogP contribution in [0, 0.1) is 0 Å². The predicted molar refractivity (Wildman–Crippen MR) is 49.7 cm³/mol. The molecule has 5 heteroatoms. The van der Waals surface area contributed by atoms with E-state index in [0.29, 0.717) is 10.4 Å². The number of halogens is 1. The number of rotatable bonds is 2. The number of aromatic nitrogens is 2. The van der Waals surface area contributed by atoms with Gasteiger partial charge in [0.2, 0.25) is 5.91 Å². The third-order valence-corrected chi connectivity index (χ3v) is 1.67. The predicted octanol–water partition coefficient (Wildman–Crippen LogP) is 1.31. The molecule has 1 N–H and O–H groups in total. The number of aryl methyl sites for hydroxylation is 1. The molecule has 64 valence electrons. The van der Waals surface area contributed by atoms with E-state index in [-0.39, 0.29) is 5.91 Å². The van der Waals surface area contributed by atoms with E-state index in [2.05, 4.69) is 32.9 Å². The van der Waals surface area contributed by atoms with Crippen molar-refractivity contribution < 1.29 is 4.79 Å². The molecule has 4 nitrogen and oxygen atoms in total. The van der Waals surface area contributed by atoms with Gasteiger partial charge in [-0.25, -0.2) is 0 Å². The van der Waals surface area contributed by atoms with Crippen molar-refractivity contribution in [3.8, 4) is 0 Å². The maximum absolute atomic E-state index is 10.9. The zero-order valence-electron chi connectivity index (χ0n) is 6.54. The van der Waals surface area contributed by atoms with Gasteiger partial charge in [-0.15, -0.1) is 0 Å². The van der Waals surface area contributed by atoms with E-state index in [4.69, 9.17) is 0 Å². The van der Waals surface area contributed by atoms with Crippen molar-refractivity contribution in [2.24, 2.45) is 7.05 Å². The van der Waals surface area contributed by atoms with Gasteiger partial charge in [-0.1, -0.05) is 6.58 Å². The lowest BCUT2D eigenvalue weighted by Crippen LogP contribution is -2.10. The van der Waals surface area contributed by atoms with Crippen molar-refractivity contribution in [3.05, 3.63) is 23.3 Å². The Morgan fingerprint density at radius 2 is 2.58 bits per heavy atom. The third-order valence-electron chi connectivity index (χ3n) is 1.29. The highest BCUT2D eigenvalue weighted by molar-refractivity contribution is 9.10. The van der Waals surface area contributed by atoms with Crippen LogP contribution in [0.2, 0.25) is 0 Å². The Morgan fingerprint density at radius 3 is 3.00 bits per heavy atom. The summed E-state index contributed by atoms with van der Waals surface area (Å²) in [4.78, 5) is 10.9. The second-order valence-corrected chi connectivity index (χ2v) is 2.98. The molecule has 0 aromatic carbocycles. The van der Waals surface area contributed by atoms with E-state index >= 15 is 0 Å². The highest BCUT2D eigenvalue weighted by Gasteiger charge is 2.03. The highest BCUT2D eigenvalue weighted by Crippen LogP contribution is 2.13. The van der Waals surface area contributed by atoms with Crippen molar-refractivity contribution in [2.75, 3.05) is 5.32 Å². The minimum Gasteiger partial charge on any atom is -0.307 e. The van der Waals surface area contributed by atoms with E-state index < -0.39 is 0 Å². The molecular formula is C7H8BrN3O. The summed E-state index contributed by atoms with van der Waals surface area (Å²) in [7, 11) is 1.74. The fourth-order valence-electron chi connectivity index (χ4n) is 0.727. The largest absolute Gasteiger partial charge is 0.307 e. The van der Waals surface area contributed by atoms with Crippen LogP contribution in [0.3, 0.4) is 0 Å². The molecular weight excluding hydrogens is 222 g/mol. The van der Waals surface area contributed by atoms with Crippen molar-refractivity contribution in [1.29, 1.82) is 0 Å². The Hall–Kier alpha value is -1.10. The number of carbonyl (C=O) groups is 1. The fraction of sp³-hybridized carbons (Fsp3) is 0.143. The number of hydrogen-bond acceptors (Lipinski definition) is 2. The average Bonchev–Trinajstić information content (AvgIpc) is 2.30. The average molecular weight is 230 g/mol. The lowest BCUT2D eigenvalue weighted by Gasteiger charge is -1.99. The number of amides is 1. The zero-order chi connectivity index (χ0) is 9.14. The molecule has 0 bridgehead atoms. The van der Waals surface area contributed by atoms with Gasteiger partial charge in [0, 0.05) is 13.1 Å². The molecule has 1 aromatic rings. The summed E-state index contributed by atoms with van der Waals surface area (Å²) < 4.78 is 2.25. The first kappa shape index (κ1) is 8.99. The van der Waals surface area contributed by atoms with E-state index in [1.165, 1.54) is 6.08 Å². The van der Waals surface area contributed by atoms with Crippen molar-refractivity contribution in [1.82, 2.24) is 9.78 Å². The molecule has 0 atom stereocenters. The van der Waals surface area contributed by atoms with Gasteiger partial charge < -0.3 is 5.32 Å². The normalized spacial score (nSPS) is 9.50. The van der Waals surface area contributed by atoms with Crippen LogP contribution >= 0.6 is 15.9 Å². The van der Waals surface area contributed by atoms with Gasteiger partial charge in [0.25, 0.3) is 0 Å². The Labute approximate surface area is 78.4 Å². The minimum atomic E-state index is -0.245. The molecule has 1 rings (SSSR count). The first-order valence-corrected chi connectivity index (χ1v) is 4.05. The van der Waals surface area contributed by atoms with Gasteiger partial charge in [-0.05, 0) is 22.0 Å². The van der Waals surface area contributed by atoms with Crippen molar-refractivity contribution in [3.63, 3.8) is 0 Å². The SMILES string of the molecule is C=CC(=O)Nc1cc(Br)nn1C. The van der Waals surface area contributed by atoms with Crippen molar-refractivity contribution in [2.45, 2.75) is 0 Å². The third kappa shape index (κ3) is 1.94. The number of carbonyl (C=O) groups excluding carboxylic acids is 1. The number of nitrogens with zero attached hydrogens (tertiary/aromatic N) is 2. The lowest BCUT2D eigenvalue weighted by molar-refractivity contribution is -0.111. The topological polar surface area (TPSA) is 46.9 Å². The van der Waals surface area contributed by atoms with Gasteiger partial charge in [0.05, 0.1) is 0 Å². The molecule has 0 aliphatic heterocycles. The molecule has 0 aliphatic carbocycles. The lowest BCUT2D eigenvalue weighted by atomic mass is 10.5. The maximum atomic E-state index is 10.9. The summed E-state index contributed by atoms with van der Waals surface area (Å²) in [6.07, 6.45) is 1.21. The van der Waals surface area contributed by atoms with E-state index in [9.17, 15) is 4.79 Å². The Balaban J connectivity index is 2.81. The second kappa shape index (κ2) is 3.53. The highest BCUT2D eigenvalue weighted by atomic mass is 79.9. The summed E-state index contributed by atoms with van der Waals surface area (Å²) in [6, 6.07) is 1.71. The van der Waals surface area contributed by atoms with Gasteiger partial charge in [0.15, 0.2) is 0 Å². The molecule has 0 radical (unpaired) electrons. The standard InChI is InChI=1S/C7H8BrN3O/c1-3-7(12)9-6-4-5(8)10-11(6)2/h3-4H,1H2,2H3,(H,9,12). The monoisotopic (exact) mass is 229 g/mol. The van der Waals surface area contributed by atoms with Crippen LogP contribution in [0.1, 0.15) is 0 Å². The minimum absolute atomic E-state index is 0.245. The summed E-state index contributed by atoms with van der Waals surface area (Å²) in [5.41, 5.74) is 0. The first-order valence-electron chi connectivity index (χ1n) is 3.26. The molecule has 0 spiro atoms. The van der Waals surface area contributed by atoms with Crippen LogP contribution in [-0.2, 0) is 11.8 Å². The Bertz CT molecular complexity index is 318. The zero-order valence-corrected chi connectivity index (χ0v) is 8.13.